The number of furan rings is 1. The van der Waals surface area contributed by atoms with Gasteiger partial charge in [-0.25, -0.2) is 10.4 Å². The number of benzene rings is 1. The molecule has 0 bridgehead atoms. The molecule has 2 heterocycles. The van der Waals surface area contributed by atoms with Crippen LogP contribution < -0.4 is 5.43 Å². The zero-order valence-corrected chi connectivity index (χ0v) is 13.4. The van der Waals surface area contributed by atoms with Crippen LogP contribution in [0.3, 0.4) is 0 Å². The number of amides is 1. The molecule has 0 fully saturated rings. The highest BCUT2D eigenvalue weighted by molar-refractivity contribution is 9.10. The van der Waals surface area contributed by atoms with Crippen molar-refractivity contribution in [1.29, 1.82) is 0 Å². The Kier molecular flexibility index (Phi) is 4.06. The minimum absolute atomic E-state index is 0.158. The van der Waals surface area contributed by atoms with E-state index in [9.17, 15) is 4.79 Å². The van der Waals surface area contributed by atoms with Crippen LogP contribution in [0.1, 0.15) is 11.6 Å². The maximum absolute atomic E-state index is 12.0. The summed E-state index contributed by atoms with van der Waals surface area (Å²) in [5.41, 5.74) is 4.27. The number of hydrazone groups is 1. The van der Waals surface area contributed by atoms with Gasteiger partial charge in [0.25, 0.3) is 5.91 Å². The zero-order chi connectivity index (χ0) is 15.5. The lowest BCUT2D eigenvalue weighted by Gasteiger charge is -2.05. The van der Waals surface area contributed by atoms with Crippen molar-refractivity contribution in [2.45, 2.75) is 13.5 Å². The third-order valence-electron chi connectivity index (χ3n) is 3.12. The molecule has 1 N–H and O–H groups in total. The van der Waals surface area contributed by atoms with Gasteiger partial charge in [-0.1, -0.05) is 12.1 Å². The molecule has 1 amide bonds. The summed E-state index contributed by atoms with van der Waals surface area (Å²) in [7, 11) is 0. The topological polar surface area (TPSA) is 72.4 Å². The molecule has 0 radical (unpaired) electrons. The van der Waals surface area contributed by atoms with Crippen LogP contribution in [0.4, 0.5) is 0 Å². The van der Waals surface area contributed by atoms with Crippen molar-refractivity contribution in [2.24, 2.45) is 5.10 Å². The Bertz CT molecular complexity index is 850. The van der Waals surface area contributed by atoms with E-state index in [0.29, 0.717) is 10.4 Å². The number of aryl methyl sites for hydroxylation is 1. The molecule has 7 heteroatoms. The van der Waals surface area contributed by atoms with Crippen LogP contribution >= 0.6 is 15.9 Å². The lowest BCUT2D eigenvalue weighted by molar-refractivity contribution is -0.121. The Labute approximate surface area is 135 Å². The largest absolute Gasteiger partial charge is 0.448 e. The van der Waals surface area contributed by atoms with Gasteiger partial charge in [0.15, 0.2) is 4.67 Å². The molecule has 0 saturated heterocycles. The number of halogens is 1. The molecule has 0 saturated carbocycles. The molecule has 0 unspecified atom stereocenters. The van der Waals surface area contributed by atoms with Gasteiger partial charge in [0.1, 0.15) is 18.1 Å². The Hall–Kier alpha value is -2.41. The molecule has 0 aliphatic rings. The second kappa shape index (κ2) is 6.15. The number of nitrogens with one attached hydrogen (secondary N) is 1. The fourth-order valence-corrected chi connectivity index (χ4v) is 2.46. The number of para-hydroxylation sites is 2. The molecule has 0 atom stereocenters. The van der Waals surface area contributed by atoms with E-state index >= 15 is 0 Å². The van der Waals surface area contributed by atoms with Crippen molar-refractivity contribution in [1.82, 2.24) is 15.0 Å². The van der Waals surface area contributed by atoms with E-state index in [-0.39, 0.29) is 12.5 Å². The Morgan fingerprint density at radius 2 is 2.23 bits per heavy atom. The first-order chi connectivity index (χ1) is 10.6. The van der Waals surface area contributed by atoms with Crippen LogP contribution in [-0.2, 0) is 11.3 Å². The van der Waals surface area contributed by atoms with E-state index < -0.39 is 0 Å². The van der Waals surface area contributed by atoms with Gasteiger partial charge < -0.3 is 8.98 Å². The van der Waals surface area contributed by atoms with Crippen LogP contribution in [0.25, 0.3) is 11.0 Å². The van der Waals surface area contributed by atoms with E-state index in [1.807, 2.05) is 35.8 Å². The van der Waals surface area contributed by atoms with E-state index in [1.54, 1.807) is 12.1 Å². The van der Waals surface area contributed by atoms with Gasteiger partial charge in [-0.15, -0.1) is 0 Å². The second-order valence-corrected chi connectivity index (χ2v) is 5.45. The van der Waals surface area contributed by atoms with Gasteiger partial charge in [-0.05, 0) is 47.1 Å². The third-order valence-corrected chi connectivity index (χ3v) is 3.55. The van der Waals surface area contributed by atoms with E-state index in [2.05, 4.69) is 31.4 Å². The molecule has 0 aliphatic heterocycles. The molecule has 2 aromatic heterocycles. The Morgan fingerprint density at radius 1 is 1.41 bits per heavy atom. The van der Waals surface area contributed by atoms with Crippen molar-refractivity contribution in [2.75, 3.05) is 0 Å². The standard InChI is InChI=1S/C15H13BrN4O2/c1-10-18-12-4-2-3-5-13(12)20(10)9-15(21)19-17-8-11-6-7-14(16)22-11/h2-8H,9H2,1H3,(H,19,21)/b17-8+. The number of imidazole rings is 1. The number of carbonyl (C=O) groups is 1. The number of carbonyl (C=O) groups excluding carboxylic acids is 1. The van der Waals surface area contributed by atoms with Gasteiger partial charge in [0, 0.05) is 0 Å². The van der Waals surface area contributed by atoms with Crippen LogP contribution in [0.15, 0.2) is 50.6 Å². The minimum atomic E-state index is -0.229. The minimum Gasteiger partial charge on any atom is -0.448 e. The average molecular weight is 361 g/mol. The number of fused-ring (bicyclic) bond motifs is 1. The van der Waals surface area contributed by atoms with Crippen LogP contribution in [0.5, 0.6) is 0 Å². The molecular weight excluding hydrogens is 348 g/mol. The summed E-state index contributed by atoms with van der Waals surface area (Å²) >= 11 is 3.20. The first-order valence-corrected chi connectivity index (χ1v) is 7.42. The molecule has 22 heavy (non-hydrogen) atoms. The first-order valence-electron chi connectivity index (χ1n) is 6.62. The van der Waals surface area contributed by atoms with Crippen molar-refractivity contribution >= 4 is 39.1 Å². The fraction of sp³-hybridized carbons (Fsp3) is 0.133. The molecule has 3 aromatic rings. The van der Waals surface area contributed by atoms with Gasteiger partial charge >= 0.3 is 0 Å². The predicted octanol–water partition coefficient (Wildman–Crippen LogP) is 2.85. The quantitative estimate of drug-likeness (QED) is 0.574. The summed E-state index contributed by atoms with van der Waals surface area (Å²) in [5, 5.41) is 3.87. The number of rotatable bonds is 4. The van der Waals surface area contributed by atoms with E-state index in [4.69, 9.17) is 4.42 Å². The molecule has 0 aliphatic carbocycles. The molecule has 1 aromatic carbocycles. The molecule has 6 nitrogen and oxygen atoms in total. The van der Waals surface area contributed by atoms with Crippen LogP contribution in [0.2, 0.25) is 0 Å². The second-order valence-electron chi connectivity index (χ2n) is 4.67. The summed E-state index contributed by atoms with van der Waals surface area (Å²) in [6.45, 7) is 2.03. The normalized spacial score (nSPS) is 11.4. The van der Waals surface area contributed by atoms with Crippen molar-refractivity contribution < 1.29 is 9.21 Å². The number of hydrogen-bond acceptors (Lipinski definition) is 4. The molecule has 3 rings (SSSR count). The number of aromatic nitrogens is 2. The maximum Gasteiger partial charge on any atom is 0.260 e. The maximum atomic E-state index is 12.0. The van der Waals surface area contributed by atoms with E-state index in [0.717, 1.165) is 16.9 Å². The highest BCUT2D eigenvalue weighted by Gasteiger charge is 2.09. The summed E-state index contributed by atoms with van der Waals surface area (Å²) < 4.78 is 7.71. The van der Waals surface area contributed by atoms with Crippen molar-refractivity contribution in [3.05, 3.63) is 52.7 Å². The van der Waals surface area contributed by atoms with Crippen LogP contribution in [-0.4, -0.2) is 21.7 Å². The molecular formula is C15H13BrN4O2. The van der Waals surface area contributed by atoms with Gasteiger partial charge in [0.2, 0.25) is 0 Å². The highest BCUT2D eigenvalue weighted by atomic mass is 79.9. The van der Waals surface area contributed by atoms with Crippen LogP contribution in [0, 0.1) is 6.92 Å². The number of hydrogen-bond donors (Lipinski definition) is 1. The lowest BCUT2D eigenvalue weighted by Crippen LogP contribution is -2.23. The SMILES string of the molecule is Cc1nc2ccccc2n1CC(=O)N/N=C/c1ccc(Br)o1. The smallest absolute Gasteiger partial charge is 0.260 e. The highest BCUT2D eigenvalue weighted by Crippen LogP contribution is 2.15. The summed E-state index contributed by atoms with van der Waals surface area (Å²) in [4.78, 5) is 16.4. The summed E-state index contributed by atoms with van der Waals surface area (Å²) in [6, 6.07) is 11.2. The Balaban J connectivity index is 1.68. The fourth-order valence-electron chi connectivity index (χ4n) is 2.14. The summed E-state index contributed by atoms with van der Waals surface area (Å²) in [5.74, 6) is 1.11. The average Bonchev–Trinajstić information content (AvgIpc) is 3.03. The lowest BCUT2D eigenvalue weighted by atomic mass is 10.3. The molecule has 112 valence electrons. The van der Waals surface area contributed by atoms with E-state index in [1.165, 1.54) is 6.21 Å². The van der Waals surface area contributed by atoms with Gasteiger partial charge in [0.05, 0.1) is 17.2 Å². The van der Waals surface area contributed by atoms with Crippen molar-refractivity contribution in [3.63, 3.8) is 0 Å². The number of nitrogens with zero attached hydrogens (tertiary/aromatic N) is 3. The van der Waals surface area contributed by atoms with Gasteiger partial charge in [-0.3, -0.25) is 4.79 Å². The monoisotopic (exact) mass is 360 g/mol. The first kappa shape index (κ1) is 14.5. The van der Waals surface area contributed by atoms with Gasteiger partial charge in [-0.2, -0.15) is 5.10 Å². The third kappa shape index (κ3) is 3.09. The molecule has 0 spiro atoms. The van der Waals surface area contributed by atoms with Crippen molar-refractivity contribution in [3.8, 4) is 0 Å². The predicted molar refractivity (Wildman–Crippen MR) is 86.6 cm³/mol. The summed E-state index contributed by atoms with van der Waals surface area (Å²) in [6.07, 6.45) is 1.45. The Morgan fingerprint density at radius 3 is 3.00 bits per heavy atom. The zero-order valence-electron chi connectivity index (χ0n) is 11.8.